The maximum atomic E-state index is 6.44. The van der Waals surface area contributed by atoms with Gasteiger partial charge in [0.2, 0.25) is 5.89 Å². The fraction of sp³-hybridized carbons (Fsp3) is 0.833. The first-order valence-corrected chi connectivity index (χ1v) is 6.15. The average Bonchev–Trinajstić information content (AvgIpc) is 2.63. The lowest BCUT2D eigenvalue weighted by Gasteiger charge is -2.37. The van der Waals surface area contributed by atoms with Gasteiger partial charge in [-0.1, -0.05) is 25.9 Å². The number of aryl methyl sites for hydroxylation is 1. The maximum absolute atomic E-state index is 6.44. The molecule has 1 saturated carbocycles. The zero-order valence-corrected chi connectivity index (χ0v) is 10.4. The van der Waals surface area contributed by atoms with E-state index in [9.17, 15) is 0 Å². The van der Waals surface area contributed by atoms with Gasteiger partial charge >= 0.3 is 0 Å². The molecule has 0 spiro atoms. The molecule has 0 saturated heterocycles. The van der Waals surface area contributed by atoms with Crippen molar-refractivity contribution in [1.29, 1.82) is 0 Å². The molecule has 16 heavy (non-hydrogen) atoms. The smallest absolute Gasteiger partial charge is 0.226 e. The molecule has 0 radical (unpaired) electrons. The number of hydrogen-bond donors (Lipinski definition) is 1. The third-order valence-corrected chi connectivity index (χ3v) is 3.45. The summed E-state index contributed by atoms with van der Waals surface area (Å²) in [5.74, 6) is 2.66. The van der Waals surface area contributed by atoms with Crippen molar-refractivity contribution in [3.8, 4) is 0 Å². The summed E-state index contributed by atoms with van der Waals surface area (Å²) < 4.78 is 5.16. The Morgan fingerprint density at radius 1 is 1.38 bits per heavy atom. The van der Waals surface area contributed by atoms with Gasteiger partial charge in [-0.2, -0.15) is 4.98 Å². The molecule has 0 amide bonds. The van der Waals surface area contributed by atoms with Crippen LogP contribution in [0, 0.1) is 11.8 Å². The third kappa shape index (κ3) is 2.12. The fourth-order valence-electron chi connectivity index (χ4n) is 2.96. The lowest BCUT2D eigenvalue weighted by atomic mass is 9.72. The molecule has 4 nitrogen and oxygen atoms in total. The molecule has 2 atom stereocenters. The van der Waals surface area contributed by atoms with Gasteiger partial charge in [0.1, 0.15) is 0 Å². The second kappa shape index (κ2) is 4.17. The molecule has 0 bridgehead atoms. The number of aromatic nitrogens is 2. The highest BCUT2D eigenvalue weighted by Crippen LogP contribution is 2.39. The zero-order chi connectivity index (χ0) is 11.8. The van der Waals surface area contributed by atoms with Crippen LogP contribution in [-0.2, 0) is 12.0 Å². The van der Waals surface area contributed by atoms with Crippen LogP contribution in [-0.4, -0.2) is 10.1 Å². The van der Waals surface area contributed by atoms with E-state index >= 15 is 0 Å². The number of nitrogens with zero attached hydrogens (tertiary/aromatic N) is 2. The standard InChI is InChI=1S/C12H21N3O/c1-4-10-14-11(15-16-10)12(13)6-8(2)5-9(3)7-12/h8-9H,4-7,13H2,1-3H3. The predicted octanol–water partition coefficient (Wildman–Crippen LogP) is 2.24. The van der Waals surface area contributed by atoms with E-state index in [4.69, 9.17) is 10.3 Å². The summed E-state index contributed by atoms with van der Waals surface area (Å²) in [4.78, 5) is 4.39. The quantitative estimate of drug-likeness (QED) is 0.835. The van der Waals surface area contributed by atoms with Gasteiger partial charge in [-0.25, -0.2) is 0 Å². The predicted molar refractivity (Wildman–Crippen MR) is 61.7 cm³/mol. The molecule has 1 aromatic heterocycles. The van der Waals surface area contributed by atoms with E-state index in [-0.39, 0.29) is 5.54 Å². The van der Waals surface area contributed by atoms with E-state index in [2.05, 4.69) is 24.0 Å². The van der Waals surface area contributed by atoms with E-state index < -0.39 is 0 Å². The molecule has 1 heterocycles. The Kier molecular flexibility index (Phi) is 3.02. The minimum Gasteiger partial charge on any atom is -0.339 e. The van der Waals surface area contributed by atoms with E-state index in [0.29, 0.717) is 23.6 Å². The summed E-state index contributed by atoms with van der Waals surface area (Å²) in [7, 11) is 0. The summed E-state index contributed by atoms with van der Waals surface area (Å²) in [6.45, 7) is 6.50. The van der Waals surface area contributed by atoms with Crippen molar-refractivity contribution < 1.29 is 4.52 Å². The van der Waals surface area contributed by atoms with Crippen LogP contribution in [0.1, 0.15) is 51.7 Å². The molecule has 0 aromatic carbocycles. The molecule has 1 aromatic rings. The summed E-state index contributed by atoms with van der Waals surface area (Å²) in [6, 6.07) is 0. The van der Waals surface area contributed by atoms with Crippen molar-refractivity contribution in [2.75, 3.05) is 0 Å². The van der Waals surface area contributed by atoms with Crippen LogP contribution in [0.25, 0.3) is 0 Å². The number of hydrogen-bond acceptors (Lipinski definition) is 4. The molecule has 4 heteroatoms. The van der Waals surface area contributed by atoms with Crippen molar-refractivity contribution in [3.63, 3.8) is 0 Å². The monoisotopic (exact) mass is 223 g/mol. The molecule has 90 valence electrons. The van der Waals surface area contributed by atoms with Crippen LogP contribution in [0.15, 0.2) is 4.52 Å². The van der Waals surface area contributed by atoms with E-state index in [1.807, 2.05) is 6.92 Å². The molecule has 1 aliphatic rings. The van der Waals surface area contributed by atoms with Gasteiger partial charge < -0.3 is 10.3 Å². The lowest BCUT2D eigenvalue weighted by Crippen LogP contribution is -2.44. The normalized spacial score (nSPS) is 35.2. The second-order valence-electron chi connectivity index (χ2n) is 5.38. The van der Waals surface area contributed by atoms with Crippen LogP contribution in [0.4, 0.5) is 0 Å². The van der Waals surface area contributed by atoms with Gasteiger partial charge in [-0.3, -0.25) is 0 Å². The van der Waals surface area contributed by atoms with Gasteiger partial charge in [0, 0.05) is 6.42 Å². The Morgan fingerprint density at radius 2 is 2.00 bits per heavy atom. The molecular weight excluding hydrogens is 202 g/mol. The highest BCUT2D eigenvalue weighted by atomic mass is 16.5. The van der Waals surface area contributed by atoms with Gasteiger partial charge in [0.15, 0.2) is 5.82 Å². The highest BCUT2D eigenvalue weighted by molar-refractivity contribution is 5.07. The van der Waals surface area contributed by atoms with Gasteiger partial charge in [-0.15, -0.1) is 0 Å². The first-order chi connectivity index (χ1) is 7.53. The van der Waals surface area contributed by atoms with E-state index in [1.165, 1.54) is 6.42 Å². The molecular formula is C12H21N3O. The SMILES string of the molecule is CCc1nc(C2(N)CC(C)CC(C)C2)no1. The molecule has 1 fully saturated rings. The third-order valence-electron chi connectivity index (χ3n) is 3.45. The van der Waals surface area contributed by atoms with Crippen molar-refractivity contribution >= 4 is 0 Å². The molecule has 1 aliphatic carbocycles. The number of rotatable bonds is 2. The zero-order valence-electron chi connectivity index (χ0n) is 10.4. The largest absolute Gasteiger partial charge is 0.339 e. The summed E-state index contributed by atoms with van der Waals surface area (Å²) in [5, 5.41) is 4.04. The summed E-state index contributed by atoms with van der Waals surface area (Å²) in [6.07, 6.45) is 3.94. The Balaban J connectivity index is 2.23. The first kappa shape index (κ1) is 11.6. The van der Waals surface area contributed by atoms with Gasteiger partial charge in [0.25, 0.3) is 0 Å². The van der Waals surface area contributed by atoms with Crippen molar-refractivity contribution in [2.45, 2.75) is 52.0 Å². The van der Waals surface area contributed by atoms with Crippen LogP contribution in [0.5, 0.6) is 0 Å². The molecule has 2 rings (SSSR count). The Morgan fingerprint density at radius 3 is 2.50 bits per heavy atom. The maximum Gasteiger partial charge on any atom is 0.226 e. The molecule has 0 aliphatic heterocycles. The van der Waals surface area contributed by atoms with Crippen LogP contribution >= 0.6 is 0 Å². The summed E-state index contributed by atoms with van der Waals surface area (Å²) in [5.41, 5.74) is 6.06. The van der Waals surface area contributed by atoms with Crippen molar-refractivity contribution in [3.05, 3.63) is 11.7 Å². The van der Waals surface area contributed by atoms with Gasteiger partial charge in [-0.05, 0) is 31.1 Å². The van der Waals surface area contributed by atoms with Gasteiger partial charge in [0.05, 0.1) is 5.54 Å². The van der Waals surface area contributed by atoms with Crippen LogP contribution in [0.2, 0.25) is 0 Å². The first-order valence-electron chi connectivity index (χ1n) is 6.15. The average molecular weight is 223 g/mol. The Labute approximate surface area is 96.6 Å². The van der Waals surface area contributed by atoms with Crippen molar-refractivity contribution in [1.82, 2.24) is 10.1 Å². The minimum absolute atomic E-state index is 0.381. The number of nitrogens with two attached hydrogens (primary N) is 1. The highest BCUT2D eigenvalue weighted by Gasteiger charge is 2.39. The topological polar surface area (TPSA) is 64.9 Å². The molecule has 2 unspecified atom stereocenters. The Bertz CT molecular complexity index is 351. The molecule has 2 N–H and O–H groups in total. The van der Waals surface area contributed by atoms with Crippen LogP contribution < -0.4 is 5.73 Å². The minimum atomic E-state index is -0.381. The van der Waals surface area contributed by atoms with E-state index in [1.54, 1.807) is 0 Å². The Hall–Kier alpha value is -0.900. The summed E-state index contributed by atoms with van der Waals surface area (Å²) >= 11 is 0. The lowest BCUT2D eigenvalue weighted by molar-refractivity contribution is 0.171. The van der Waals surface area contributed by atoms with Crippen LogP contribution in [0.3, 0.4) is 0 Å². The second-order valence-corrected chi connectivity index (χ2v) is 5.38. The van der Waals surface area contributed by atoms with E-state index in [0.717, 1.165) is 19.3 Å². The van der Waals surface area contributed by atoms with Crippen molar-refractivity contribution in [2.24, 2.45) is 17.6 Å². The fourth-order valence-corrected chi connectivity index (χ4v) is 2.96.